The van der Waals surface area contributed by atoms with Crippen molar-refractivity contribution in [3.8, 4) is 5.75 Å². The molecule has 2 N–H and O–H groups in total. The van der Waals surface area contributed by atoms with Gasteiger partial charge in [-0.3, -0.25) is 0 Å². The number of carboxylic acid groups (broad SMARTS) is 1. The molecule has 76 valence electrons. The maximum Gasteiger partial charge on any atom is 0.355 e. The quantitative estimate of drug-likeness (QED) is 0.743. The van der Waals surface area contributed by atoms with E-state index in [9.17, 15) is 9.90 Å². The molecule has 0 spiro atoms. The minimum atomic E-state index is -1.06. The van der Waals surface area contributed by atoms with Gasteiger partial charge in [0.2, 0.25) is 0 Å². The van der Waals surface area contributed by atoms with Crippen LogP contribution in [0.15, 0.2) is 24.3 Å². The number of fused-ring (bicyclic) bond motifs is 1. The fraction of sp³-hybridized carbons (Fsp3) is 0.0909. The molecule has 4 heteroatoms. The third kappa shape index (κ3) is 1.61. The molecule has 0 radical (unpaired) electrons. The molecule has 0 amide bonds. The van der Waals surface area contributed by atoms with Gasteiger partial charge in [-0.1, -0.05) is 0 Å². The van der Waals surface area contributed by atoms with Gasteiger partial charge in [-0.05, 0) is 36.6 Å². The van der Waals surface area contributed by atoms with E-state index in [0.717, 1.165) is 0 Å². The minimum Gasteiger partial charge on any atom is -0.508 e. The zero-order chi connectivity index (χ0) is 11.0. The highest BCUT2D eigenvalue weighted by Crippen LogP contribution is 2.22. The molecule has 1 aromatic carbocycles. The summed E-state index contributed by atoms with van der Waals surface area (Å²) in [7, 11) is 0. The summed E-state index contributed by atoms with van der Waals surface area (Å²) in [5.74, 6) is -0.946. The number of hydrogen-bond acceptors (Lipinski definition) is 3. The Labute approximate surface area is 85.8 Å². The second-order valence-corrected chi connectivity index (χ2v) is 3.32. The molecule has 2 aromatic rings. The second-order valence-electron chi connectivity index (χ2n) is 3.32. The van der Waals surface area contributed by atoms with E-state index >= 15 is 0 Å². The van der Waals surface area contributed by atoms with Crippen LogP contribution >= 0.6 is 0 Å². The van der Waals surface area contributed by atoms with Crippen LogP contribution in [0.3, 0.4) is 0 Å². The number of rotatable bonds is 1. The first-order valence-electron chi connectivity index (χ1n) is 4.41. The molecule has 0 aliphatic carbocycles. The van der Waals surface area contributed by atoms with Crippen molar-refractivity contribution in [2.45, 2.75) is 6.92 Å². The zero-order valence-corrected chi connectivity index (χ0v) is 8.06. The van der Waals surface area contributed by atoms with Gasteiger partial charge in [0.1, 0.15) is 5.75 Å². The molecule has 15 heavy (non-hydrogen) atoms. The van der Waals surface area contributed by atoms with E-state index in [2.05, 4.69) is 4.98 Å². The molecule has 0 fully saturated rings. The van der Waals surface area contributed by atoms with Gasteiger partial charge in [-0.25, -0.2) is 9.78 Å². The smallest absolute Gasteiger partial charge is 0.355 e. The highest BCUT2D eigenvalue weighted by atomic mass is 16.4. The molecular formula is C11H9NO3. The lowest BCUT2D eigenvalue weighted by Gasteiger charge is -2.04. The number of hydrogen-bond donors (Lipinski definition) is 2. The van der Waals surface area contributed by atoms with Crippen molar-refractivity contribution in [3.63, 3.8) is 0 Å². The largest absolute Gasteiger partial charge is 0.508 e. The number of aromatic carboxylic acids is 1. The molecule has 0 atom stereocenters. The number of aromatic nitrogens is 1. The van der Waals surface area contributed by atoms with E-state index in [0.29, 0.717) is 16.5 Å². The van der Waals surface area contributed by atoms with Gasteiger partial charge in [-0.2, -0.15) is 0 Å². The molecule has 1 heterocycles. The van der Waals surface area contributed by atoms with Crippen molar-refractivity contribution < 1.29 is 15.0 Å². The summed E-state index contributed by atoms with van der Waals surface area (Å²) in [6, 6.07) is 6.27. The summed E-state index contributed by atoms with van der Waals surface area (Å²) in [4.78, 5) is 14.9. The Balaban J connectivity index is 2.86. The van der Waals surface area contributed by atoms with Crippen LogP contribution in [0.1, 0.15) is 16.2 Å². The van der Waals surface area contributed by atoms with Crippen LogP contribution in [0.4, 0.5) is 0 Å². The normalized spacial score (nSPS) is 10.5. The van der Waals surface area contributed by atoms with Crippen molar-refractivity contribution in [2.75, 3.05) is 0 Å². The Hall–Kier alpha value is -2.10. The van der Waals surface area contributed by atoms with Crippen LogP contribution in [0, 0.1) is 6.92 Å². The molecule has 0 aliphatic rings. The highest BCUT2D eigenvalue weighted by Gasteiger charge is 2.11. The van der Waals surface area contributed by atoms with Gasteiger partial charge in [0.25, 0.3) is 0 Å². The Morgan fingerprint density at radius 2 is 2.07 bits per heavy atom. The third-order valence-corrected chi connectivity index (χ3v) is 2.15. The Morgan fingerprint density at radius 3 is 2.73 bits per heavy atom. The fourth-order valence-electron chi connectivity index (χ4n) is 1.54. The Kier molecular flexibility index (Phi) is 2.04. The number of pyridine rings is 1. The summed E-state index contributed by atoms with van der Waals surface area (Å²) in [6.45, 7) is 1.72. The van der Waals surface area contributed by atoms with Crippen molar-refractivity contribution in [3.05, 3.63) is 35.7 Å². The molecule has 0 saturated heterocycles. The molecule has 0 unspecified atom stereocenters. The van der Waals surface area contributed by atoms with Gasteiger partial charge in [0.05, 0.1) is 0 Å². The Bertz CT molecular complexity index is 544. The maximum atomic E-state index is 10.9. The summed E-state index contributed by atoms with van der Waals surface area (Å²) >= 11 is 0. The van der Waals surface area contributed by atoms with Gasteiger partial charge in [0.15, 0.2) is 5.69 Å². The van der Waals surface area contributed by atoms with Gasteiger partial charge in [-0.15, -0.1) is 0 Å². The number of nitrogens with zero attached hydrogens (tertiary/aromatic N) is 1. The maximum absolute atomic E-state index is 10.9. The van der Waals surface area contributed by atoms with Crippen LogP contribution in [0.25, 0.3) is 10.8 Å². The predicted octanol–water partition coefficient (Wildman–Crippen LogP) is 1.95. The predicted molar refractivity (Wildman–Crippen MR) is 55.1 cm³/mol. The van der Waals surface area contributed by atoms with Crippen LogP contribution in [0.2, 0.25) is 0 Å². The summed E-state index contributed by atoms with van der Waals surface area (Å²) < 4.78 is 0. The topological polar surface area (TPSA) is 70.4 Å². The monoisotopic (exact) mass is 203 g/mol. The zero-order valence-electron chi connectivity index (χ0n) is 8.06. The van der Waals surface area contributed by atoms with E-state index in [1.165, 1.54) is 12.1 Å². The molecule has 0 bridgehead atoms. The van der Waals surface area contributed by atoms with Crippen LogP contribution in [0.5, 0.6) is 5.75 Å². The SMILES string of the molecule is Cc1cc2cc(O)ccc2c(C(=O)O)n1. The average Bonchev–Trinajstić information content (AvgIpc) is 2.15. The number of phenolic OH excluding ortho intramolecular Hbond substituents is 1. The summed E-state index contributed by atoms with van der Waals surface area (Å²) in [6.07, 6.45) is 0. The lowest BCUT2D eigenvalue weighted by Crippen LogP contribution is -2.02. The van der Waals surface area contributed by atoms with E-state index in [1.807, 2.05) is 0 Å². The first-order valence-corrected chi connectivity index (χ1v) is 4.41. The Morgan fingerprint density at radius 1 is 1.33 bits per heavy atom. The number of benzene rings is 1. The molecule has 0 aliphatic heterocycles. The van der Waals surface area contributed by atoms with Gasteiger partial charge >= 0.3 is 5.97 Å². The summed E-state index contributed by atoms with van der Waals surface area (Å²) in [5, 5.41) is 19.4. The molecule has 1 aromatic heterocycles. The average molecular weight is 203 g/mol. The lowest BCUT2D eigenvalue weighted by molar-refractivity contribution is 0.0692. The number of aryl methyl sites for hydroxylation is 1. The highest BCUT2D eigenvalue weighted by molar-refractivity contribution is 6.02. The van der Waals surface area contributed by atoms with Crippen LogP contribution < -0.4 is 0 Å². The van der Waals surface area contributed by atoms with Crippen LogP contribution in [-0.2, 0) is 0 Å². The van der Waals surface area contributed by atoms with E-state index < -0.39 is 5.97 Å². The number of carbonyl (C=O) groups is 1. The van der Waals surface area contributed by atoms with Crippen molar-refractivity contribution in [1.82, 2.24) is 4.98 Å². The summed E-state index contributed by atoms with van der Waals surface area (Å²) in [5.41, 5.74) is 0.635. The first-order chi connectivity index (χ1) is 7.08. The second kappa shape index (κ2) is 3.24. The molecule has 4 nitrogen and oxygen atoms in total. The lowest BCUT2D eigenvalue weighted by atomic mass is 10.1. The molecule has 0 saturated carbocycles. The number of aromatic hydroxyl groups is 1. The minimum absolute atomic E-state index is 0.0185. The fourth-order valence-corrected chi connectivity index (χ4v) is 1.54. The first kappa shape index (κ1) is 9.45. The van der Waals surface area contributed by atoms with Crippen LogP contribution in [-0.4, -0.2) is 21.2 Å². The van der Waals surface area contributed by atoms with Gasteiger partial charge < -0.3 is 10.2 Å². The van der Waals surface area contributed by atoms with Crippen molar-refractivity contribution in [1.29, 1.82) is 0 Å². The van der Waals surface area contributed by atoms with Crippen molar-refractivity contribution in [2.24, 2.45) is 0 Å². The standard InChI is InChI=1S/C11H9NO3/c1-6-4-7-5-8(13)2-3-9(7)10(12-6)11(14)15/h2-5,13H,1H3,(H,14,15). The van der Waals surface area contributed by atoms with Gasteiger partial charge in [0, 0.05) is 11.1 Å². The number of phenols is 1. The van der Waals surface area contributed by atoms with E-state index in [-0.39, 0.29) is 11.4 Å². The third-order valence-electron chi connectivity index (χ3n) is 2.15. The van der Waals surface area contributed by atoms with E-state index in [1.54, 1.807) is 19.1 Å². The number of carboxylic acids is 1. The van der Waals surface area contributed by atoms with E-state index in [4.69, 9.17) is 5.11 Å². The molecular weight excluding hydrogens is 194 g/mol. The van der Waals surface area contributed by atoms with Crippen molar-refractivity contribution >= 4 is 16.7 Å². The molecule has 2 rings (SSSR count).